The largest absolute Gasteiger partial charge is 0.477 e. The van der Waals surface area contributed by atoms with Gasteiger partial charge < -0.3 is 9.84 Å². The van der Waals surface area contributed by atoms with Gasteiger partial charge in [0.2, 0.25) is 0 Å². The molecule has 0 aliphatic carbocycles. The molecule has 1 N–H and O–H groups in total. The highest BCUT2D eigenvalue weighted by Crippen LogP contribution is 2.27. The Hall–Kier alpha value is -0.640. The van der Waals surface area contributed by atoms with E-state index < -0.39 is 11.8 Å². The van der Waals surface area contributed by atoms with Crippen molar-refractivity contribution in [1.82, 2.24) is 0 Å². The van der Waals surface area contributed by atoms with Gasteiger partial charge in [-0.15, -0.1) is 0 Å². The minimum atomic E-state index is -2.33. The van der Waals surface area contributed by atoms with Crippen LogP contribution in [-0.4, -0.2) is 23.5 Å². The van der Waals surface area contributed by atoms with E-state index in [4.69, 9.17) is 5.11 Å². The maximum atomic E-state index is 11.8. The molecule has 0 saturated carbocycles. The van der Waals surface area contributed by atoms with Gasteiger partial charge in [-0.2, -0.15) is 4.39 Å². The fourth-order valence-electron chi connectivity index (χ4n) is 0.187. The molecule has 1 aliphatic rings. The summed E-state index contributed by atoms with van der Waals surface area (Å²) in [5.41, 5.74) is 0. The highest BCUT2D eigenvalue weighted by atomic mass is 19.2. The van der Waals surface area contributed by atoms with Crippen LogP contribution in [0.25, 0.3) is 0 Å². The highest BCUT2D eigenvalue weighted by Gasteiger charge is 2.54. The van der Waals surface area contributed by atoms with E-state index in [-0.39, 0.29) is 6.61 Å². The summed E-state index contributed by atoms with van der Waals surface area (Å²) in [5.74, 6) is -3.87. The van der Waals surface area contributed by atoms with Gasteiger partial charge in [0.05, 0.1) is 0 Å². The molecule has 40 valence electrons. The third-order valence-electron chi connectivity index (χ3n) is 0.717. The molecule has 0 radical (unpaired) electrons. The number of hydrogen-bond donors (Lipinski definition) is 1. The van der Waals surface area contributed by atoms with Crippen molar-refractivity contribution in [2.24, 2.45) is 0 Å². The minimum Gasteiger partial charge on any atom is -0.477 e. The molecule has 1 unspecified atom stereocenters. The van der Waals surface area contributed by atoms with Crippen LogP contribution in [0.1, 0.15) is 0 Å². The van der Waals surface area contributed by atoms with Crippen molar-refractivity contribution in [3.63, 3.8) is 0 Å². The van der Waals surface area contributed by atoms with Gasteiger partial charge in [0.25, 0.3) is 0 Å². The lowest BCUT2D eigenvalue weighted by Crippen LogP contribution is -2.16. The number of aliphatic carboxylic acids is 1. The molecule has 4 heteroatoms. The van der Waals surface area contributed by atoms with Crippen LogP contribution in [0.4, 0.5) is 4.39 Å². The second kappa shape index (κ2) is 0.949. The van der Waals surface area contributed by atoms with Crippen LogP contribution in [0.3, 0.4) is 0 Å². The molecule has 1 aliphatic heterocycles. The lowest BCUT2D eigenvalue weighted by Gasteiger charge is -1.85. The minimum absolute atomic E-state index is 0.303. The topological polar surface area (TPSA) is 49.8 Å². The Balaban J connectivity index is 2.55. The van der Waals surface area contributed by atoms with E-state index in [1.54, 1.807) is 0 Å². The number of epoxide rings is 1. The average molecular weight is 106 g/mol. The van der Waals surface area contributed by atoms with Crippen molar-refractivity contribution >= 4 is 5.97 Å². The highest BCUT2D eigenvalue weighted by molar-refractivity contribution is 5.78. The zero-order valence-corrected chi connectivity index (χ0v) is 3.35. The first kappa shape index (κ1) is 4.52. The van der Waals surface area contributed by atoms with E-state index in [2.05, 4.69) is 4.74 Å². The van der Waals surface area contributed by atoms with Gasteiger partial charge in [-0.1, -0.05) is 0 Å². The summed E-state index contributed by atoms with van der Waals surface area (Å²) in [6.45, 7) is -0.303. The van der Waals surface area contributed by atoms with Crippen molar-refractivity contribution in [2.75, 3.05) is 6.61 Å². The first-order valence-corrected chi connectivity index (χ1v) is 1.71. The van der Waals surface area contributed by atoms with Gasteiger partial charge in [0, 0.05) is 0 Å². The van der Waals surface area contributed by atoms with Gasteiger partial charge in [0.1, 0.15) is 6.61 Å². The Labute approximate surface area is 38.7 Å². The fraction of sp³-hybridized carbons (Fsp3) is 0.667. The Morgan fingerprint density at radius 2 is 2.43 bits per heavy atom. The van der Waals surface area contributed by atoms with Gasteiger partial charge in [0.15, 0.2) is 0 Å². The van der Waals surface area contributed by atoms with Gasteiger partial charge >= 0.3 is 11.8 Å². The number of carboxylic acid groups (broad SMARTS) is 1. The Morgan fingerprint density at radius 1 is 2.00 bits per heavy atom. The molecule has 0 amide bonds. The molecule has 1 saturated heterocycles. The smallest absolute Gasteiger partial charge is 0.372 e. The summed E-state index contributed by atoms with van der Waals surface area (Å²) < 4.78 is 15.7. The second-order valence-electron chi connectivity index (χ2n) is 1.32. The van der Waals surface area contributed by atoms with Crippen LogP contribution in [-0.2, 0) is 9.53 Å². The lowest BCUT2D eigenvalue weighted by atomic mass is 10.5. The molecule has 1 atom stereocenters. The molecule has 0 bridgehead atoms. The molecule has 1 fully saturated rings. The summed E-state index contributed by atoms with van der Waals surface area (Å²) in [6.07, 6.45) is 0. The van der Waals surface area contributed by atoms with Crippen molar-refractivity contribution < 1.29 is 19.0 Å². The molecule has 3 nitrogen and oxygen atoms in total. The average Bonchev–Trinajstić information content (AvgIpc) is 2.21. The van der Waals surface area contributed by atoms with Gasteiger partial charge in [-0.25, -0.2) is 4.79 Å². The van der Waals surface area contributed by atoms with Crippen LogP contribution >= 0.6 is 0 Å². The third kappa shape index (κ3) is 0.564. The number of carboxylic acids is 1. The number of rotatable bonds is 1. The van der Waals surface area contributed by atoms with E-state index in [0.717, 1.165) is 0 Å². The number of hydrogen-bond acceptors (Lipinski definition) is 2. The van der Waals surface area contributed by atoms with E-state index >= 15 is 0 Å². The molecule has 1 heterocycles. The summed E-state index contributed by atoms with van der Waals surface area (Å²) >= 11 is 0. The van der Waals surface area contributed by atoms with E-state index in [1.165, 1.54) is 0 Å². The molecular formula is C3H3FO3. The number of halogens is 1. The molecule has 1 rings (SSSR count). The second-order valence-corrected chi connectivity index (χ2v) is 1.32. The Kier molecular flexibility index (Phi) is 0.613. The number of alkyl halides is 1. The van der Waals surface area contributed by atoms with Crippen LogP contribution < -0.4 is 0 Å². The zero-order valence-electron chi connectivity index (χ0n) is 3.35. The molecule has 7 heavy (non-hydrogen) atoms. The predicted molar refractivity (Wildman–Crippen MR) is 17.4 cm³/mol. The Morgan fingerprint density at radius 3 is 2.43 bits per heavy atom. The maximum absolute atomic E-state index is 11.8. The zero-order chi connectivity index (χ0) is 5.49. The van der Waals surface area contributed by atoms with Gasteiger partial charge in [-0.3, -0.25) is 0 Å². The summed E-state index contributed by atoms with van der Waals surface area (Å²) in [6, 6.07) is 0. The molecule has 0 aromatic carbocycles. The molecule has 0 aromatic heterocycles. The van der Waals surface area contributed by atoms with Crippen molar-refractivity contribution in [3.05, 3.63) is 0 Å². The van der Waals surface area contributed by atoms with Crippen molar-refractivity contribution in [3.8, 4) is 0 Å². The Bertz CT molecular complexity index is 107. The molecule has 0 aromatic rings. The van der Waals surface area contributed by atoms with Gasteiger partial charge in [-0.05, 0) is 0 Å². The molecular weight excluding hydrogens is 103 g/mol. The predicted octanol–water partition coefficient (Wildman–Crippen LogP) is -0.233. The SMILES string of the molecule is O=C(O)C1(F)CO1. The van der Waals surface area contributed by atoms with Crippen LogP contribution in [0.5, 0.6) is 0 Å². The van der Waals surface area contributed by atoms with E-state index in [1.807, 2.05) is 0 Å². The quantitative estimate of drug-likeness (QED) is 0.469. The van der Waals surface area contributed by atoms with Crippen LogP contribution in [0.2, 0.25) is 0 Å². The first-order valence-electron chi connectivity index (χ1n) is 1.71. The van der Waals surface area contributed by atoms with Crippen LogP contribution in [0.15, 0.2) is 0 Å². The summed E-state index contributed by atoms with van der Waals surface area (Å²) in [7, 11) is 0. The summed E-state index contributed by atoms with van der Waals surface area (Å²) in [5, 5.41) is 7.81. The van der Waals surface area contributed by atoms with Crippen LogP contribution in [0, 0.1) is 0 Å². The maximum Gasteiger partial charge on any atom is 0.372 e. The standard InChI is InChI=1S/C3H3FO3/c4-3(1-7-3)2(5)6/h1H2,(H,5,6). The van der Waals surface area contributed by atoms with E-state index in [9.17, 15) is 9.18 Å². The number of carbonyl (C=O) groups is 1. The number of ether oxygens (including phenoxy) is 1. The van der Waals surface area contributed by atoms with E-state index in [0.29, 0.717) is 0 Å². The van der Waals surface area contributed by atoms with Crippen molar-refractivity contribution in [2.45, 2.75) is 5.85 Å². The van der Waals surface area contributed by atoms with Crippen molar-refractivity contribution in [1.29, 1.82) is 0 Å². The normalized spacial score (nSPS) is 37.9. The third-order valence-corrected chi connectivity index (χ3v) is 0.717. The molecule has 0 spiro atoms. The fourth-order valence-corrected chi connectivity index (χ4v) is 0.187. The lowest BCUT2D eigenvalue weighted by molar-refractivity contribution is -0.150. The monoisotopic (exact) mass is 106 g/mol. The first-order chi connectivity index (χ1) is 3.15. The summed E-state index contributed by atoms with van der Waals surface area (Å²) in [4.78, 5) is 9.58.